The number of carbonyl (C=O) groups excluding carboxylic acids is 1. The zero-order valence-corrected chi connectivity index (χ0v) is 13.1. The molecule has 114 valence electrons. The molecular weight excluding hydrogens is 266 g/mol. The van der Waals surface area contributed by atoms with Crippen molar-refractivity contribution in [2.24, 2.45) is 10.9 Å². The molecule has 0 aromatic heterocycles. The van der Waals surface area contributed by atoms with E-state index in [4.69, 9.17) is 4.74 Å². The van der Waals surface area contributed by atoms with Gasteiger partial charge in [0.05, 0.1) is 6.61 Å². The number of guanidine groups is 1. The normalized spacial score (nSPS) is 23.3. The van der Waals surface area contributed by atoms with E-state index in [1.54, 1.807) is 0 Å². The summed E-state index contributed by atoms with van der Waals surface area (Å²) in [6.07, 6.45) is 0. The molecule has 5 nitrogen and oxygen atoms in total. The molecule has 1 heterocycles. The van der Waals surface area contributed by atoms with E-state index >= 15 is 0 Å². The van der Waals surface area contributed by atoms with E-state index in [9.17, 15) is 4.79 Å². The van der Waals surface area contributed by atoms with E-state index < -0.39 is 5.54 Å². The van der Waals surface area contributed by atoms with Crippen LogP contribution in [0, 0.1) is 5.92 Å². The molecule has 1 aliphatic heterocycles. The smallest absolute Gasteiger partial charge is 0.256 e. The number of carbonyl (C=O) groups is 1. The lowest BCUT2D eigenvalue weighted by molar-refractivity contribution is -0.123. The third kappa shape index (κ3) is 3.17. The number of ether oxygens (including phenoxy) is 1. The van der Waals surface area contributed by atoms with E-state index in [1.165, 1.54) is 0 Å². The first-order valence-corrected chi connectivity index (χ1v) is 7.33. The highest BCUT2D eigenvalue weighted by Crippen LogP contribution is 2.32. The third-order valence-corrected chi connectivity index (χ3v) is 3.39. The molecule has 2 N–H and O–H groups in total. The van der Waals surface area contributed by atoms with Gasteiger partial charge in [-0.25, -0.2) is 0 Å². The number of hydrogen-bond donors (Lipinski definition) is 2. The summed E-state index contributed by atoms with van der Waals surface area (Å²) in [5, 5.41) is 6.01. The number of nitrogens with zero attached hydrogens (tertiary/aromatic N) is 1. The second-order valence-corrected chi connectivity index (χ2v) is 5.72. The molecule has 21 heavy (non-hydrogen) atoms. The minimum absolute atomic E-state index is 0.114. The average Bonchev–Trinajstić information content (AvgIpc) is 2.74. The van der Waals surface area contributed by atoms with Gasteiger partial charge in [0, 0.05) is 12.1 Å². The molecule has 1 unspecified atom stereocenters. The van der Waals surface area contributed by atoms with Crippen LogP contribution in [0.3, 0.4) is 0 Å². The van der Waals surface area contributed by atoms with Crippen molar-refractivity contribution in [2.45, 2.75) is 33.2 Å². The van der Waals surface area contributed by atoms with Crippen molar-refractivity contribution in [1.29, 1.82) is 0 Å². The van der Waals surface area contributed by atoms with Crippen LogP contribution in [0.15, 0.2) is 29.3 Å². The summed E-state index contributed by atoms with van der Waals surface area (Å²) >= 11 is 0. The van der Waals surface area contributed by atoms with Crippen molar-refractivity contribution in [1.82, 2.24) is 10.6 Å². The van der Waals surface area contributed by atoms with Gasteiger partial charge in [0.15, 0.2) is 5.96 Å². The summed E-state index contributed by atoms with van der Waals surface area (Å²) in [6.45, 7) is 9.18. The monoisotopic (exact) mass is 289 g/mol. The number of benzene rings is 1. The van der Waals surface area contributed by atoms with Crippen molar-refractivity contribution >= 4 is 11.9 Å². The molecule has 1 saturated heterocycles. The maximum Gasteiger partial charge on any atom is 0.256 e. The first-order chi connectivity index (χ1) is 9.97. The van der Waals surface area contributed by atoms with Crippen molar-refractivity contribution < 1.29 is 9.53 Å². The van der Waals surface area contributed by atoms with Crippen LogP contribution in [0.25, 0.3) is 0 Å². The van der Waals surface area contributed by atoms with Crippen molar-refractivity contribution in [3.8, 4) is 5.75 Å². The molecule has 0 radical (unpaired) electrons. The molecule has 0 aliphatic carbocycles. The molecule has 1 fully saturated rings. The van der Waals surface area contributed by atoms with Crippen LogP contribution >= 0.6 is 0 Å². The fourth-order valence-electron chi connectivity index (χ4n) is 2.26. The lowest BCUT2D eigenvalue weighted by atomic mass is 9.91. The molecule has 2 rings (SSSR count). The number of hydrogen-bond acceptors (Lipinski definition) is 3. The van der Waals surface area contributed by atoms with Gasteiger partial charge in [0.25, 0.3) is 5.91 Å². The van der Waals surface area contributed by atoms with Crippen LogP contribution in [0.4, 0.5) is 0 Å². The Hall–Kier alpha value is -2.04. The fraction of sp³-hybridized carbons (Fsp3) is 0.500. The Morgan fingerprint density at radius 1 is 1.33 bits per heavy atom. The summed E-state index contributed by atoms with van der Waals surface area (Å²) in [6, 6.07) is 7.59. The van der Waals surface area contributed by atoms with E-state index in [0.29, 0.717) is 25.0 Å². The molecule has 1 aromatic carbocycles. The minimum Gasteiger partial charge on any atom is -0.493 e. The summed E-state index contributed by atoms with van der Waals surface area (Å²) in [5.41, 5.74) is -0.0409. The van der Waals surface area contributed by atoms with E-state index in [0.717, 1.165) is 11.3 Å². The van der Waals surface area contributed by atoms with Crippen LogP contribution in [0.2, 0.25) is 0 Å². The largest absolute Gasteiger partial charge is 0.493 e. The van der Waals surface area contributed by atoms with E-state index in [1.807, 2.05) is 38.1 Å². The van der Waals surface area contributed by atoms with Gasteiger partial charge in [0.2, 0.25) is 0 Å². The average molecular weight is 289 g/mol. The maximum absolute atomic E-state index is 12.4. The Morgan fingerprint density at radius 3 is 2.71 bits per heavy atom. The summed E-state index contributed by atoms with van der Waals surface area (Å²) < 4.78 is 5.64. The number of nitrogens with one attached hydrogen (secondary N) is 2. The second-order valence-electron chi connectivity index (χ2n) is 5.72. The number of rotatable bonds is 5. The predicted molar refractivity (Wildman–Crippen MR) is 83.4 cm³/mol. The molecule has 1 amide bonds. The van der Waals surface area contributed by atoms with Gasteiger partial charge in [-0.05, 0) is 25.8 Å². The summed E-state index contributed by atoms with van der Waals surface area (Å²) in [7, 11) is 0. The summed E-state index contributed by atoms with van der Waals surface area (Å²) in [5.74, 6) is 1.58. The molecule has 1 aromatic rings. The molecule has 5 heteroatoms. The van der Waals surface area contributed by atoms with E-state index in [-0.39, 0.29) is 5.91 Å². The lowest BCUT2D eigenvalue weighted by Crippen LogP contribution is -2.41. The van der Waals surface area contributed by atoms with Crippen LogP contribution < -0.4 is 15.4 Å². The highest BCUT2D eigenvalue weighted by atomic mass is 16.5. The molecule has 0 saturated carbocycles. The highest BCUT2D eigenvalue weighted by molar-refractivity contribution is 6.09. The van der Waals surface area contributed by atoms with Crippen LogP contribution in [-0.2, 0) is 10.3 Å². The SMILES string of the molecule is CCOc1ccccc1C1(C)NC(=NCC(C)C)NC1=O. The zero-order valence-electron chi connectivity index (χ0n) is 13.1. The number of aliphatic imine (C=N–C) groups is 1. The van der Waals surface area contributed by atoms with Crippen molar-refractivity contribution in [3.63, 3.8) is 0 Å². The number of amides is 1. The molecule has 1 atom stereocenters. The Labute approximate surface area is 125 Å². The van der Waals surface area contributed by atoms with Crippen LogP contribution in [-0.4, -0.2) is 25.0 Å². The first kappa shape index (κ1) is 15.4. The van der Waals surface area contributed by atoms with Crippen LogP contribution in [0.5, 0.6) is 5.75 Å². The first-order valence-electron chi connectivity index (χ1n) is 7.33. The minimum atomic E-state index is -0.860. The Bertz CT molecular complexity index is 554. The molecular formula is C16H23N3O2. The van der Waals surface area contributed by atoms with Crippen LogP contribution in [0.1, 0.15) is 33.3 Å². The maximum atomic E-state index is 12.4. The van der Waals surface area contributed by atoms with Gasteiger partial charge in [-0.1, -0.05) is 32.0 Å². The fourth-order valence-corrected chi connectivity index (χ4v) is 2.26. The topological polar surface area (TPSA) is 62.7 Å². The Balaban J connectivity index is 2.30. The van der Waals surface area contributed by atoms with Gasteiger partial charge < -0.3 is 10.1 Å². The van der Waals surface area contributed by atoms with Gasteiger partial charge in [-0.3, -0.25) is 15.1 Å². The molecule has 0 spiro atoms. The lowest BCUT2D eigenvalue weighted by Gasteiger charge is -2.24. The standard InChI is InChI=1S/C16H23N3O2/c1-5-21-13-9-7-6-8-12(13)16(4)14(20)18-15(19-16)17-10-11(2)3/h6-9,11H,5,10H2,1-4H3,(H2,17,18,19,20). The number of para-hydroxylation sites is 1. The molecule has 1 aliphatic rings. The van der Waals surface area contributed by atoms with Gasteiger partial charge >= 0.3 is 0 Å². The Kier molecular flexibility index (Phi) is 4.50. The summed E-state index contributed by atoms with van der Waals surface area (Å²) in [4.78, 5) is 16.8. The van der Waals surface area contributed by atoms with Crippen molar-refractivity contribution in [3.05, 3.63) is 29.8 Å². The zero-order chi connectivity index (χ0) is 15.5. The third-order valence-electron chi connectivity index (χ3n) is 3.39. The van der Waals surface area contributed by atoms with Gasteiger partial charge in [-0.2, -0.15) is 0 Å². The van der Waals surface area contributed by atoms with Gasteiger partial charge in [-0.15, -0.1) is 0 Å². The second kappa shape index (κ2) is 6.16. The molecule has 0 bridgehead atoms. The van der Waals surface area contributed by atoms with E-state index in [2.05, 4.69) is 29.5 Å². The van der Waals surface area contributed by atoms with Gasteiger partial charge in [0.1, 0.15) is 11.3 Å². The predicted octanol–water partition coefficient (Wildman–Crippen LogP) is 2.03. The Morgan fingerprint density at radius 2 is 2.05 bits per heavy atom. The van der Waals surface area contributed by atoms with Crippen molar-refractivity contribution in [2.75, 3.05) is 13.2 Å². The quantitative estimate of drug-likeness (QED) is 0.872. The highest BCUT2D eigenvalue weighted by Gasteiger charge is 2.44.